The lowest BCUT2D eigenvalue weighted by molar-refractivity contribution is 0.0763. The lowest BCUT2D eigenvalue weighted by Gasteiger charge is -2.20. The molecule has 1 aromatic heterocycles. The van der Waals surface area contributed by atoms with Gasteiger partial charge in [0.15, 0.2) is 0 Å². The molecule has 0 unspecified atom stereocenters. The molecule has 1 aliphatic heterocycles. The Balaban J connectivity index is 1.74. The summed E-state index contributed by atoms with van der Waals surface area (Å²) in [4.78, 5) is 17.7. The van der Waals surface area contributed by atoms with Crippen molar-refractivity contribution in [3.63, 3.8) is 0 Å². The van der Waals surface area contributed by atoms with E-state index in [1.165, 1.54) is 5.56 Å². The summed E-state index contributed by atoms with van der Waals surface area (Å²) in [6.45, 7) is 5.61. The first-order valence-corrected chi connectivity index (χ1v) is 10.4. The zero-order chi connectivity index (χ0) is 20.2. The Morgan fingerprint density at radius 1 is 0.966 bits per heavy atom. The average Bonchev–Trinajstić information content (AvgIpc) is 3.10. The van der Waals surface area contributed by atoms with Crippen LogP contribution in [-0.4, -0.2) is 58.7 Å². The van der Waals surface area contributed by atoms with Crippen molar-refractivity contribution in [2.24, 2.45) is 0 Å². The Morgan fingerprint density at radius 2 is 1.72 bits per heavy atom. The van der Waals surface area contributed by atoms with Crippen LogP contribution in [0.3, 0.4) is 0 Å². The molecule has 0 radical (unpaired) electrons. The number of hydrogen-bond acceptors (Lipinski definition) is 3. The zero-order valence-electron chi connectivity index (χ0n) is 17.2. The summed E-state index contributed by atoms with van der Waals surface area (Å²) in [5.74, 6) is 0.0667. The first-order valence-electron chi connectivity index (χ1n) is 10.4. The van der Waals surface area contributed by atoms with Crippen LogP contribution in [0, 0.1) is 0 Å². The summed E-state index contributed by atoms with van der Waals surface area (Å²) < 4.78 is 1.82. The number of aromatic nitrogens is 2. The van der Waals surface area contributed by atoms with Crippen LogP contribution in [0.25, 0.3) is 16.9 Å². The number of aryl methyl sites for hydroxylation is 1. The van der Waals surface area contributed by atoms with Crippen LogP contribution in [-0.2, 0) is 6.42 Å². The molecule has 0 bridgehead atoms. The predicted molar refractivity (Wildman–Crippen MR) is 116 cm³/mol. The standard InChI is InChI=1S/C24H28N4O/c1-3-19-10-12-20(13-11-19)23-22(18-28(25-23)21-8-5-4-6-9-21)24(29)27-15-7-14-26(2)16-17-27/h4-6,8-13,18H,3,7,14-17H2,1-2H3. The Hall–Kier alpha value is -2.92. The summed E-state index contributed by atoms with van der Waals surface area (Å²) in [6.07, 6.45) is 3.87. The summed E-state index contributed by atoms with van der Waals surface area (Å²) in [6, 6.07) is 18.3. The quantitative estimate of drug-likeness (QED) is 0.681. The number of para-hydroxylation sites is 1. The van der Waals surface area contributed by atoms with Gasteiger partial charge in [-0.3, -0.25) is 4.79 Å². The minimum Gasteiger partial charge on any atom is -0.337 e. The molecule has 4 rings (SSSR count). The number of amides is 1. The van der Waals surface area contributed by atoms with Crippen LogP contribution < -0.4 is 0 Å². The number of hydrogen-bond donors (Lipinski definition) is 0. The van der Waals surface area contributed by atoms with Crippen molar-refractivity contribution < 1.29 is 4.79 Å². The van der Waals surface area contributed by atoms with E-state index in [1.807, 2.05) is 46.1 Å². The molecule has 2 heterocycles. The van der Waals surface area contributed by atoms with E-state index in [0.29, 0.717) is 5.56 Å². The molecule has 5 nitrogen and oxygen atoms in total. The van der Waals surface area contributed by atoms with Gasteiger partial charge in [0.1, 0.15) is 5.69 Å². The van der Waals surface area contributed by atoms with Gasteiger partial charge in [-0.15, -0.1) is 0 Å². The smallest absolute Gasteiger partial charge is 0.257 e. The normalized spacial score (nSPS) is 15.3. The molecule has 0 atom stereocenters. The van der Waals surface area contributed by atoms with Crippen molar-refractivity contribution >= 4 is 5.91 Å². The van der Waals surface area contributed by atoms with Gasteiger partial charge in [-0.2, -0.15) is 5.10 Å². The molecule has 1 aliphatic rings. The maximum atomic E-state index is 13.5. The van der Waals surface area contributed by atoms with Crippen molar-refractivity contribution in [3.8, 4) is 16.9 Å². The van der Waals surface area contributed by atoms with Crippen molar-refractivity contribution in [2.45, 2.75) is 19.8 Å². The molecule has 5 heteroatoms. The molecule has 3 aromatic rings. The lowest BCUT2D eigenvalue weighted by atomic mass is 10.0. The van der Waals surface area contributed by atoms with Gasteiger partial charge in [-0.25, -0.2) is 4.68 Å². The minimum atomic E-state index is 0.0667. The third kappa shape index (κ3) is 4.25. The molecule has 1 fully saturated rings. The number of likely N-dealkylation sites (N-methyl/N-ethyl adjacent to an activating group) is 1. The van der Waals surface area contributed by atoms with Crippen molar-refractivity contribution in [3.05, 3.63) is 71.9 Å². The van der Waals surface area contributed by atoms with Gasteiger partial charge in [0.25, 0.3) is 5.91 Å². The van der Waals surface area contributed by atoms with Crippen LogP contribution in [0.2, 0.25) is 0 Å². The molecule has 1 saturated heterocycles. The van der Waals surface area contributed by atoms with Gasteiger partial charge in [0.05, 0.1) is 11.3 Å². The summed E-state index contributed by atoms with van der Waals surface area (Å²) in [7, 11) is 2.11. The number of nitrogens with zero attached hydrogens (tertiary/aromatic N) is 4. The molecule has 0 saturated carbocycles. The molecule has 2 aromatic carbocycles. The van der Waals surface area contributed by atoms with Crippen LogP contribution >= 0.6 is 0 Å². The highest BCUT2D eigenvalue weighted by atomic mass is 16.2. The van der Waals surface area contributed by atoms with Crippen molar-refractivity contribution in [2.75, 3.05) is 33.2 Å². The van der Waals surface area contributed by atoms with E-state index in [-0.39, 0.29) is 5.91 Å². The van der Waals surface area contributed by atoms with E-state index >= 15 is 0 Å². The topological polar surface area (TPSA) is 41.4 Å². The third-order valence-corrected chi connectivity index (χ3v) is 5.61. The largest absolute Gasteiger partial charge is 0.337 e. The van der Waals surface area contributed by atoms with Crippen molar-refractivity contribution in [1.82, 2.24) is 19.6 Å². The summed E-state index contributed by atoms with van der Waals surface area (Å²) >= 11 is 0. The molecular weight excluding hydrogens is 360 g/mol. The number of rotatable bonds is 4. The fourth-order valence-corrected chi connectivity index (χ4v) is 3.77. The fraction of sp³-hybridized carbons (Fsp3) is 0.333. The molecule has 150 valence electrons. The molecule has 0 spiro atoms. The van der Waals surface area contributed by atoms with Gasteiger partial charge in [-0.05, 0) is 44.1 Å². The Labute approximate surface area is 172 Å². The zero-order valence-corrected chi connectivity index (χ0v) is 17.2. The first kappa shape index (κ1) is 19.4. The lowest BCUT2D eigenvalue weighted by Crippen LogP contribution is -2.34. The minimum absolute atomic E-state index is 0.0667. The van der Waals surface area contributed by atoms with E-state index < -0.39 is 0 Å². The maximum Gasteiger partial charge on any atom is 0.257 e. The Kier molecular flexibility index (Phi) is 5.76. The Bertz CT molecular complexity index is 962. The van der Waals surface area contributed by atoms with Gasteiger partial charge in [0.2, 0.25) is 0 Å². The number of carbonyl (C=O) groups excluding carboxylic acids is 1. The highest BCUT2D eigenvalue weighted by Gasteiger charge is 2.25. The number of benzene rings is 2. The second-order valence-electron chi connectivity index (χ2n) is 7.67. The second kappa shape index (κ2) is 8.62. The summed E-state index contributed by atoms with van der Waals surface area (Å²) in [5, 5.41) is 4.82. The predicted octanol–water partition coefficient (Wildman–Crippen LogP) is 3.88. The maximum absolute atomic E-state index is 13.5. The monoisotopic (exact) mass is 388 g/mol. The SMILES string of the molecule is CCc1ccc(-c2nn(-c3ccccc3)cc2C(=O)N2CCCN(C)CC2)cc1. The highest BCUT2D eigenvalue weighted by Crippen LogP contribution is 2.26. The highest BCUT2D eigenvalue weighted by molar-refractivity contribution is 6.00. The van der Waals surface area contributed by atoms with E-state index in [1.54, 1.807) is 0 Å². The molecule has 0 N–H and O–H groups in total. The number of carbonyl (C=O) groups is 1. The molecule has 29 heavy (non-hydrogen) atoms. The van der Waals surface area contributed by atoms with Gasteiger partial charge >= 0.3 is 0 Å². The first-order chi connectivity index (χ1) is 14.2. The second-order valence-corrected chi connectivity index (χ2v) is 7.67. The van der Waals surface area contributed by atoms with Crippen LogP contribution in [0.1, 0.15) is 29.3 Å². The van der Waals surface area contributed by atoms with Crippen molar-refractivity contribution in [1.29, 1.82) is 0 Å². The average molecular weight is 389 g/mol. The van der Waals surface area contributed by atoms with Gasteiger partial charge in [-0.1, -0.05) is 49.4 Å². The fourth-order valence-electron chi connectivity index (χ4n) is 3.77. The van der Waals surface area contributed by atoms with E-state index in [4.69, 9.17) is 5.10 Å². The van der Waals surface area contributed by atoms with Gasteiger partial charge < -0.3 is 9.80 Å². The molecule has 0 aliphatic carbocycles. The summed E-state index contributed by atoms with van der Waals surface area (Å²) in [5.41, 5.74) is 4.63. The van der Waals surface area contributed by atoms with E-state index in [2.05, 4.69) is 43.1 Å². The molecular formula is C24H28N4O. The Morgan fingerprint density at radius 3 is 2.45 bits per heavy atom. The van der Waals surface area contributed by atoms with Crippen LogP contribution in [0.15, 0.2) is 60.8 Å². The third-order valence-electron chi connectivity index (χ3n) is 5.61. The molecule has 1 amide bonds. The van der Waals surface area contributed by atoms with E-state index in [0.717, 1.165) is 56.0 Å². The van der Waals surface area contributed by atoms with E-state index in [9.17, 15) is 4.79 Å². The van der Waals surface area contributed by atoms with Crippen LogP contribution in [0.5, 0.6) is 0 Å². The van der Waals surface area contributed by atoms with Crippen LogP contribution in [0.4, 0.5) is 0 Å². The van der Waals surface area contributed by atoms with Gasteiger partial charge in [0, 0.05) is 31.4 Å².